The van der Waals surface area contributed by atoms with E-state index < -0.39 is 10.2 Å². The van der Waals surface area contributed by atoms with Gasteiger partial charge in [-0.2, -0.15) is 22.1 Å². The van der Waals surface area contributed by atoms with Crippen LogP contribution in [-0.2, 0) is 23.7 Å². The Balaban J connectivity index is 1.66. The van der Waals surface area contributed by atoms with Crippen molar-refractivity contribution in [1.82, 2.24) is 28.4 Å². The molecule has 1 saturated heterocycles. The van der Waals surface area contributed by atoms with Gasteiger partial charge in [-0.3, -0.25) is 14.6 Å². The lowest BCUT2D eigenvalue weighted by Gasteiger charge is -2.33. The maximum atomic E-state index is 12.3. The van der Waals surface area contributed by atoms with Crippen molar-refractivity contribution in [3.63, 3.8) is 0 Å². The Hall–Kier alpha value is -1.84. The molecule has 1 atom stereocenters. The molecule has 1 fully saturated rings. The van der Waals surface area contributed by atoms with Crippen LogP contribution in [0.15, 0.2) is 24.8 Å². The highest BCUT2D eigenvalue weighted by Crippen LogP contribution is 2.23. The Morgan fingerprint density at radius 1 is 1.24 bits per heavy atom. The van der Waals surface area contributed by atoms with Gasteiger partial charge in [-0.25, -0.2) is 0 Å². The Morgan fingerprint density at radius 2 is 2.04 bits per heavy atom. The summed E-state index contributed by atoms with van der Waals surface area (Å²) in [5, 5.41) is 4.14. The fraction of sp³-hybridized carbons (Fsp3) is 0.562. The van der Waals surface area contributed by atoms with Crippen molar-refractivity contribution in [2.24, 2.45) is 13.0 Å². The molecule has 0 spiro atoms. The molecule has 9 heteroatoms. The van der Waals surface area contributed by atoms with Crippen molar-refractivity contribution in [1.29, 1.82) is 0 Å². The van der Waals surface area contributed by atoms with Crippen molar-refractivity contribution < 1.29 is 8.42 Å². The van der Waals surface area contributed by atoms with Gasteiger partial charge in [-0.05, 0) is 25.2 Å². The highest BCUT2D eigenvalue weighted by Gasteiger charge is 2.30. The van der Waals surface area contributed by atoms with Gasteiger partial charge < -0.3 is 0 Å². The topological polar surface area (TPSA) is 84.2 Å². The molecule has 0 amide bonds. The molecule has 2 aromatic rings. The number of piperidine rings is 1. The molecule has 3 rings (SSSR count). The van der Waals surface area contributed by atoms with Crippen molar-refractivity contribution in [3.8, 4) is 11.3 Å². The minimum absolute atomic E-state index is 0.266. The first kappa shape index (κ1) is 18.0. The number of hydrogen-bond acceptors (Lipinski definition) is 5. The fourth-order valence-corrected chi connectivity index (χ4v) is 4.31. The van der Waals surface area contributed by atoms with E-state index in [1.807, 2.05) is 13.2 Å². The molecule has 25 heavy (non-hydrogen) atoms. The Labute approximate surface area is 148 Å². The minimum atomic E-state index is -3.34. The monoisotopic (exact) mass is 364 g/mol. The highest BCUT2D eigenvalue weighted by atomic mass is 32.2. The summed E-state index contributed by atoms with van der Waals surface area (Å²) in [6.45, 7) is 1.12. The molecule has 8 nitrogen and oxygen atoms in total. The smallest absolute Gasteiger partial charge is 0.275 e. The summed E-state index contributed by atoms with van der Waals surface area (Å²) in [6, 6.07) is 0. The summed E-state index contributed by atoms with van der Waals surface area (Å²) >= 11 is 0. The van der Waals surface area contributed by atoms with Crippen LogP contribution < -0.4 is 0 Å². The van der Waals surface area contributed by atoms with Crippen LogP contribution in [0.3, 0.4) is 0 Å². The van der Waals surface area contributed by atoms with Crippen molar-refractivity contribution in [3.05, 3.63) is 30.5 Å². The molecule has 1 aliphatic rings. The predicted octanol–water partition coefficient (Wildman–Crippen LogP) is 0.938. The molecule has 3 heterocycles. The van der Waals surface area contributed by atoms with E-state index in [9.17, 15) is 8.42 Å². The molecule has 0 aliphatic carbocycles. The Morgan fingerprint density at radius 3 is 2.64 bits per heavy atom. The number of rotatable bonds is 5. The second kappa shape index (κ2) is 7.19. The normalized spacial score (nSPS) is 19.4. The zero-order valence-electron chi connectivity index (χ0n) is 14.8. The van der Waals surface area contributed by atoms with Gasteiger partial charge in [0.1, 0.15) is 0 Å². The average Bonchev–Trinajstić information content (AvgIpc) is 3.02. The van der Waals surface area contributed by atoms with Crippen LogP contribution in [0.1, 0.15) is 18.5 Å². The average molecular weight is 364 g/mol. The van der Waals surface area contributed by atoms with Crippen LogP contribution in [0.2, 0.25) is 0 Å². The van der Waals surface area contributed by atoms with E-state index in [0.717, 1.165) is 36.2 Å². The van der Waals surface area contributed by atoms with Crippen LogP contribution in [-0.4, -0.2) is 64.0 Å². The van der Waals surface area contributed by atoms with Gasteiger partial charge in [-0.15, -0.1) is 0 Å². The molecular formula is C16H24N6O2S. The summed E-state index contributed by atoms with van der Waals surface area (Å²) in [5.41, 5.74) is 2.61. The predicted molar refractivity (Wildman–Crippen MR) is 94.8 cm³/mol. The summed E-state index contributed by atoms with van der Waals surface area (Å²) in [5.74, 6) is 0.266. The van der Waals surface area contributed by atoms with E-state index in [1.165, 1.54) is 4.31 Å². The second-order valence-corrected chi connectivity index (χ2v) is 8.80. The van der Waals surface area contributed by atoms with E-state index >= 15 is 0 Å². The zero-order chi connectivity index (χ0) is 18.0. The van der Waals surface area contributed by atoms with Crippen LogP contribution in [0.5, 0.6) is 0 Å². The molecule has 0 saturated carbocycles. The van der Waals surface area contributed by atoms with Gasteiger partial charge in [0.2, 0.25) is 0 Å². The van der Waals surface area contributed by atoms with Crippen LogP contribution in [0, 0.1) is 5.92 Å². The van der Waals surface area contributed by atoms with E-state index in [2.05, 4.69) is 15.1 Å². The first-order valence-corrected chi connectivity index (χ1v) is 9.73. The van der Waals surface area contributed by atoms with E-state index in [-0.39, 0.29) is 5.92 Å². The van der Waals surface area contributed by atoms with Gasteiger partial charge in [-0.1, -0.05) is 0 Å². The molecule has 136 valence electrons. The summed E-state index contributed by atoms with van der Waals surface area (Å²) in [4.78, 5) is 8.97. The van der Waals surface area contributed by atoms with Crippen molar-refractivity contribution >= 4 is 10.2 Å². The number of aryl methyl sites for hydroxylation is 1. The molecule has 1 aliphatic heterocycles. The fourth-order valence-electron chi connectivity index (χ4n) is 3.09. The third kappa shape index (κ3) is 4.05. The second-order valence-electron chi connectivity index (χ2n) is 6.66. The zero-order valence-corrected chi connectivity index (χ0v) is 15.6. The third-order valence-corrected chi connectivity index (χ3v) is 6.38. The quantitative estimate of drug-likeness (QED) is 0.788. The lowest BCUT2D eigenvalue weighted by atomic mass is 9.95. The summed E-state index contributed by atoms with van der Waals surface area (Å²) < 4.78 is 29.2. The van der Waals surface area contributed by atoms with Gasteiger partial charge >= 0.3 is 0 Å². The maximum absolute atomic E-state index is 12.3. The molecular weight excluding hydrogens is 340 g/mol. The van der Waals surface area contributed by atoms with Crippen LogP contribution in [0.25, 0.3) is 11.3 Å². The molecule has 0 bridgehead atoms. The molecule has 2 aromatic heterocycles. The van der Waals surface area contributed by atoms with Crippen LogP contribution in [0.4, 0.5) is 0 Å². The van der Waals surface area contributed by atoms with E-state index in [0.29, 0.717) is 13.1 Å². The van der Waals surface area contributed by atoms with Gasteiger partial charge in [0.05, 0.1) is 23.8 Å². The standard InChI is InChI=1S/C16H24N6O2S/c1-20(2)25(23,24)22-6-4-5-13(11-22)7-15-9-18-16(10-17-15)14-8-19-21(3)12-14/h8-10,12-13H,4-7,11H2,1-3H3. The van der Waals surface area contributed by atoms with Crippen molar-refractivity contribution in [2.45, 2.75) is 19.3 Å². The number of hydrogen-bond donors (Lipinski definition) is 0. The van der Waals surface area contributed by atoms with Gasteiger partial charge in [0.25, 0.3) is 10.2 Å². The van der Waals surface area contributed by atoms with E-state index in [1.54, 1.807) is 41.7 Å². The van der Waals surface area contributed by atoms with Gasteiger partial charge in [0.15, 0.2) is 0 Å². The molecule has 0 N–H and O–H groups in total. The highest BCUT2D eigenvalue weighted by molar-refractivity contribution is 7.86. The van der Waals surface area contributed by atoms with Crippen molar-refractivity contribution in [2.75, 3.05) is 27.2 Å². The molecule has 1 unspecified atom stereocenters. The maximum Gasteiger partial charge on any atom is 0.281 e. The number of nitrogens with zero attached hydrogens (tertiary/aromatic N) is 6. The Bertz CT molecular complexity index is 815. The minimum Gasteiger partial charge on any atom is -0.275 e. The summed E-state index contributed by atoms with van der Waals surface area (Å²) in [7, 11) is 1.66. The van der Waals surface area contributed by atoms with E-state index in [4.69, 9.17) is 0 Å². The third-order valence-electron chi connectivity index (χ3n) is 4.47. The molecule has 0 radical (unpaired) electrons. The van der Waals surface area contributed by atoms with Gasteiger partial charge in [0, 0.05) is 52.2 Å². The molecule has 0 aromatic carbocycles. The Kier molecular flexibility index (Phi) is 5.16. The largest absolute Gasteiger partial charge is 0.281 e. The lowest BCUT2D eigenvalue weighted by molar-refractivity contribution is 0.253. The first-order valence-electron chi connectivity index (χ1n) is 8.34. The van der Waals surface area contributed by atoms with Crippen LogP contribution >= 0.6 is 0 Å². The number of aromatic nitrogens is 4. The lowest BCUT2D eigenvalue weighted by Crippen LogP contribution is -2.45. The SMILES string of the molecule is CN(C)S(=O)(=O)N1CCCC(Cc2cnc(-c3cnn(C)c3)cn2)C1. The summed E-state index contributed by atoms with van der Waals surface area (Å²) in [6.07, 6.45) is 9.80. The first-order chi connectivity index (χ1) is 11.9.